The fourth-order valence-corrected chi connectivity index (χ4v) is 6.33. The molecule has 4 aromatic rings. The molecule has 0 aliphatic carbocycles. The number of nitrogens with one attached hydrogen (secondary N) is 1. The van der Waals surface area contributed by atoms with Crippen molar-refractivity contribution >= 4 is 42.9 Å². The van der Waals surface area contributed by atoms with Crippen LogP contribution in [0.5, 0.6) is 5.88 Å². The summed E-state index contributed by atoms with van der Waals surface area (Å²) in [6.45, 7) is 15.8. The van der Waals surface area contributed by atoms with Crippen LogP contribution in [0.15, 0.2) is 42.7 Å². The van der Waals surface area contributed by atoms with E-state index in [0.29, 0.717) is 28.9 Å². The molecule has 1 atom stereocenters. The zero-order valence-corrected chi connectivity index (χ0v) is 28.4. The van der Waals surface area contributed by atoms with Crippen molar-refractivity contribution in [2.24, 2.45) is 0 Å². The van der Waals surface area contributed by atoms with Crippen LogP contribution >= 0.6 is 22.9 Å². The Labute approximate surface area is 262 Å². The van der Waals surface area contributed by atoms with Gasteiger partial charge in [-0.15, -0.1) is 11.3 Å². The van der Waals surface area contributed by atoms with Crippen LogP contribution in [0.25, 0.3) is 16.3 Å². The molecule has 0 bridgehead atoms. The van der Waals surface area contributed by atoms with Crippen LogP contribution in [0.1, 0.15) is 67.1 Å². The van der Waals surface area contributed by atoms with Crippen molar-refractivity contribution in [1.82, 2.24) is 19.7 Å². The lowest BCUT2D eigenvalue weighted by Gasteiger charge is -2.36. The first-order valence-electron chi connectivity index (χ1n) is 14.3. The molecule has 0 fully saturated rings. The topological polar surface area (TPSA) is 87.0 Å². The minimum atomic E-state index is -1.91. The number of nitrogens with zero attached hydrogens (tertiary/aromatic N) is 3. The minimum Gasteiger partial charge on any atom is -0.468 e. The Hall–Kier alpha value is -2.83. The Bertz CT molecular complexity index is 1570. The van der Waals surface area contributed by atoms with Crippen molar-refractivity contribution in [3.8, 4) is 16.6 Å². The molecule has 0 spiro atoms. The highest BCUT2D eigenvalue weighted by atomic mass is 35.5. The lowest BCUT2D eigenvalue weighted by atomic mass is 10.1. The van der Waals surface area contributed by atoms with E-state index in [1.807, 2.05) is 47.9 Å². The first kappa shape index (κ1) is 33.1. The normalized spacial score (nSPS) is 13.0. The number of pyridine rings is 1. The smallest absolute Gasteiger partial charge is 0.354 e. The van der Waals surface area contributed by atoms with E-state index in [1.165, 1.54) is 11.3 Å². The van der Waals surface area contributed by atoms with Crippen LogP contribution in [0, 0.1) is 0 Å². The van der Waals surface area contributed by atoms with Gasteiger partial charge in [-0.2, -0.15) is 4.98 Å². The van der Waals surface area contributed by atoms with Gasteiger partial charge in [-0.3, -0.25) is 4.40 Å². The zero-order chi connectivity index (χ0) is 31.4. The number of imidazole rings is 1. The number of fused-ring (bicyclic) bond motifs is 1. The summed E-state index contributed by atoms with van der Waals surface area (Å²) in [6, 6.07) is 9.65. The van der Waals surface area contributed by atoms with Gasteiger partial charge in [0.15, 0.2) is 13.2 Å². The monoisotopic (exact) mass is 646 g/mol. The van der Waals surface area contributed by atoms with Crippen molar-refractivity contribution in [3.63, 3.8) is 0 Å². The van der Waals surface area contributed by atoms with E-state index >= 15 is 0 Å². The van der Waals surface area contributed by atoms with Crippen molar-refractivity contribution in [2.45, 2.75) is 72.0 Å². The molecule has 1 N–H and O–H groups in total. The van der Waals surface area contributed by atoms with E-state index in [-0.39, 0.29) is 28.9 Å². The number of halogens is 2. The molecule has 1 aromatic carbocycles. The largest absolute Gasteiger partial charge is 0.468 e. The molecule has 43 heavy (non-hydrogen) atoms. The molecule has 3 aromatic heterocycles. The van der Waals surface area contributed by atoms with E-state index in [0.717, 1.165) is 22.3 Å². The van der Waals surface area contributed by atoms with Gasteiger partial charge in [0, 0.05) is 29.9 Å². The quantitative estimate of drug-likeness (QED) is 0.0894. The molecular weight excluding hydrogens is 607 g/mol. The second-order valence-corrected chi connectivity index (χ2v) is 18.0. The number of benzene rings is 1. The molecule has 0 aliphatic rings. The SMILES string of the molecule is CCOC(=O)c1sc(-c2cnc3ccc(CNCCF)cn23)nc1O[C@H](C)c1ccc(CO[Si](C)(C)C(C)(C)C)cc1Cl. The van der Waals surface area contributed by atoms with E-state index < -0.39 is 27.1 Å². The van der Waals surface area contributed by atoms with Gasteiger partial charge in [-0.05, 0) is 55.2 Å². The van der Waals surface area contributed by atoms with Crippen LogP contribution in [-0.4, -0.2) is 48.5 Å². The summed E-state index contributed by atoms with van der Waals surface area (Å²) in [5, 5.41) is 4.27. The third kappa shape index (κ3) is 7.82. The zero-order valence-electron chi connectivity index (χ0n) is 25.8. The molecule has 0 aliphatic heterocycles. The predicted molar refractivity (Wildman–Crippen MR) is 172 cm³/mol. The Morgan fingerprint density at radius 3 is 2.63 bits per heavy atom. The van der Waals surface area contributed by atoms with Gasteiger partial charge in [0.25, 0.3) is 0 Å². The second kappa shape index (κ2) is 13.9. The number of alkyl halides is 1. The molecule has 0 saturated heterocycles. The number of carbonyl (C=O) groups excluding carboxylic acids is 1. The lowest BCUT2D eigenvalue weighted by Crippen LogP contribution is -2.40. The summed E-state index contributed by atoms with van der Waals surface area (Å²) in [7, 11) is -1.91. The van der Waals surface area contributed by atoms with Crippen LogP contribution in [-0.2, 0) is 22.3 Å². The maximum Gasteiger partial charge on any atom is 0.354 e. The number of ether oxygens (including phenoxy) is 2. The summed E-state index contributed by atoms with van der Waals surface area (Å²) in [5.41, 5.74) is 4.13. The molecule has 4 rings (SSSR count). The molecule has 0 amide bonds. The summed E-state index contributed by atoms with van der Waals surface area (Å²) < 4.78 is 32.4. The summed E-state index contributed by atoms with van der Waals surface area (Å²) in [5.74, 6) is -0.342. The number of hydrogen-bond acceptors (Lipinski definition) is 8. The predicted octanol–water partition coefficient (Wildman–Crippen LogP) is 8.01. The maximum atomic E-state index is 12.9. The molecule has 0 radical (unpaired) electrons. The van der Waals surface area contributed by atoms with Crippen molar-refractivity contribution < 1.29 is 23.1 Å². The summed E-state index contributed by atoms with van der Waals surface area (Å²) in [4.78, 5) is 22.4. The van der Waals surface area contributed by atoms with Crippen molar-refractivity contribution in [2.75, 3.05) is 19.8 Å². The van der Waals surface area contributed by atoms with Gasteiger partial charge in [-0.1, -0.05) is 50.6 Å². The number of hydrogen-bond donors (Lipinski definition) is 1. The first-order valence-corrected chi connectivity index (χ1v) is 18.4. The Morgan fingerprint density at radius 2 is 1.95 bits per heavy atom. The lowest BCUT2D eigenvalue weighted by molar-refractivity contribution is 0.0525. The van der Waals surface area contributed by atoms with Crippen LogP contribution in [0.4, 0.5) is 4.39 Å². The Morgan fingerprint density at radius 1 is 1.21 bits per heavy atom. The summed E-state index contributed by atoms with van der Waals surface area (Å²) in [6.07, 6.45) is 3.13. The molecule has 12 heteroatoms. The van der Waals surface area contributed by atoms with E-state index in [2.05, 4.69) is 44.2 Å². The number of thiazole rings is 1. The standard InChI is InChI=1S/C31H40ClFN4O4SSi/c1-8-39-30(38)27-28(36-29(42-27)25-17-35-26-12-10-22(18-37(25)26)16-34-14-13-33)41-20(2)23-11-9-21(15-24(23)32)19-40-43(6,7)31(3,4)5/h9-12,15,17-18,20,34H,8,13-14,16,19H2,1-7H3/t20-/m1/s1. The van der Waals surface area contributed by atoms with Crippen molar-refractivity contribution in [1.29, 1.82) is 0 Å². The molecule has 232 valence electrons. The fraction of sp³-hybridized carbons (Fsp3) is 0.452. The van der Waals surface area contributed by atoms with E-state index in [1.54, 1.807) is 13.1 Å². The molecule has 0 saturated carbocycles. The van der Waals surface area contributed by atoms with E-state index in [4.69, 9.17) is 30.5 Å². The number of aromatic nitrogens is 3. The summed E-state index contributed by atoms with van der Waals surface area (Å²) >= 11 is 7.90. The van der Waals surface area contributed by atoms with E-state index in [9.17, 15) is 9.18 Å². The first-order chi connectivity index (χ1) is 20.3. The van der Waals surface area contributed by atoms with Crippen LogP contribution in [0.2, 0.25) is 23.2 Å². The number of esters is 1. The highest BCUT2D eigenvalue weighted by molar-refractivity contribution is 7.17. The molecule has 0 unspecified atom stereocenters. The van der Waals surface area contributed by atoms with Gasteiger partial charge in [0.05, 0.1) is 19.4 Å². The van der Waals surface area contributed by atoms with Gasteiger partial charge < -0.3 is 19.2 Å². The molecule has 3 heterocycles. The van der Waals surface area contributed by atoms with Crippen molar-refractivity contribution in [3.05, 3.63) is 69.3 Å². The molecule has 8 nitrogen and oxygen atoms in total. The average molecular weight is 647 g/mol. The van der Waals surface area contributed by atoms with Crippen LogP contribution in [0.3, 0.4) is 0 Å². The average Bonchev–Trinajstić information content (AvgIpc) is 3.55. The number of carbonyl (C=O) groups is 1. The van der Waals surface area contributed by atoms with Gasteiger partial charge in [0.2, 0.25) is 5.88 Å². The molecular formula is C31H40ClFN4O4SSi. The third-order valence-corrected chi connectivity index (χ3v) is 13.5. The van der Waals surface area contributed by atoms with Gasteiger partial charge in [0.1, 0.15) is 29.1 Å². The van der Waals surface area contributed by atoms with Gasteiger partial charge in [-0.25, -0.2) is 14.2 Å². The highest BCUT2D eigenvalue weighted by Crippen LogP contribution is 2.39. The number of rotatable bonds is 13. The highest BCUT2D eigenvalue weighted by Gasteiger charge is 2.37. The fourth-order valence-electron chi connectivity index (χ4n) is 4.11. The minimum absolute atomic E-state index is 0.112. The van der Waals surface area contributed by atoms with Gasteiger partial charge >= 0.3 is 5.97 Å². The Kier molecular flexibility index (Phi) is 10.7. The second-order valence-electron chi connectivity index (χ2n) is 11.8. The third-order valence-electron chi connectivity index (χ3n) is 7.64. The maximum absolute atomic E-state index is 12.9. The van der Waals surface area contributed by atoms with Crippen LogP contribution < -0.4 is 10.1 Å². The Balaban J connectivity index is 1.59.